The summed E-state index contributed by atoms with van der Waals surface area (Å²) in [5.74, 6) is 0.465. The first-order valence-corrected chi connectivity index (χ1v) is 10.3. The lowest BCUT2D eigenvalue weighted by atomic mass is 9.94. The lowest BCUT2D eigenvalue weighted by molar-refractivity contribution is -0.138. The van der Waals surface area contributed by atoms with Crippen molar-refractivity contribution in [3.8, 4) is 0 Å². The summed E-state index contributed by atoms with van der Waals surface area (Å²) in [4.78, 5) is 15.1. The van der Waals surface area contributed by atoms with Gasteiger partial charge in [-0.2, -0.15) is 4.31 Å². The van der Waals surface area contributed by atoms with Crippen LogP contribution in [0.15, 0.2) is 35.2 Å². The summed E-state index contributed by atoms with van der Waals surface area (Å²) >= 11 is 0. The molecule has 1 aromatic rings. The SMILES string of the molecule is C[C@H]1CCCN(C(=O)[C@@H]2CCCN(S(=O)(=O)c3ccccc3)C2)C1. The Morgan fingerprint density at radius 1 is 1.04 bits per heavy atom. The van der Waals surface area contributed by atoms with Gasteiger partial charge in [-0.1, -0.05) is 25.1 Å². The molecule has 0 aliphatic carbocycles. The van der Waals surface area contributed by atoms with Gasteiger partial charge in [-0.3, -0.25) is 4.79 Å². The summed E-state index contributed by atoms with van der Waals surface area (Å²) in [6, 6.07) is 8.50. The molecule has 132 valence electrons. The van der Waals surface area contributed by atoms with Crippen LogP contribution in [0.2, 0.25) is 0 Å². The number of hydrogen-bond acceptors (Lipinski definition) is 3. The first-order valence-electron chi connectivity index (χ1n) is 8.82. The minimum atomic E-state index is -3.51. The number of nitrogens with zero attached hydrogens (tertiary/aromatic N) is 2. The Morgan fingerprint density at radius 2 is 1.75 bits per heavy atom. The van der Waals surface area contributed by atoms with Crippen molar-refractivity contribution in [2.24, 2.45) is 11.8 Å². The van der Waals surface area contributed by atoms with Gasteiger partial charge in [0, 0.05) is 26.2 Å². The molecule has 2 aliphatic rings. The molecule has 2 aliphatic heterocycles. The Kier molecular flexibility index (Phi) is 5.25. The van der Waals surface area contributed by atoms with Crippen LogP contribution in [-0.4, -0.2) is 49.7 Å². The Labute approximate surface area is 144 Å². The summed E-state index contributed by atoms with van der Waals surface area (Å²) in [7, 11) is -3.51. The average Bonchev–Trinajstić information content (AvgIpc) is 2.62. The van der Waals surface area contributed by atoms with E-state index >= 15 is 0 Å². The smallest absolute Gasteiger partial charge is 0.243 e. The Bertz CT molecular complexity index is 675. The van der Waals surface area contributed by atoms with Crippen molar-refractivity contribution in [3.63, 3.8) is 0 Å². The molecule has 3 rings (SSSR count). The Hall–Kier alpha value is -1.40. The highest BCUT2D eigenvalue weighted by Gasteiger charge is 2.35. The van der Waals surface area contributed by atoms with Crippen LogP contribution < -0.4 is 0 Å². The lowest BCUT2D eigenvalue weighted by Gasteiger charge is -2.37. The molecule has 24 heavy (non-hydrogen) atoms. The molecule has 2 fully saturated rings. The van der Waals surface area contributed by atoms with Crippen molar-refractivity contribution in [3.05, 3.63) is 30.3 Å². The number of sulfonamides is 1. The van der Waals surface area contributed by atoms with Crippen LogP contribution in [0.4, 0.5) is 0 Å². The Balaban J connectivity index is 1.71. The molecule has 2 saturated heterocycles. The van der Waals surface area contributed by atoms with Gasteiger partial charge in [0.1, 0.15) is 0 Å². The van der Waals surface area contributed by atoms with E-state index in [0.717, 1.165) is 32.4 Å². The van der Waals surface area contributed by atoms with Crippen LogP contribution in [0.1, 0.15) is 32.6 Å². The quantitative estimate of drug-likeness (QED) is 0.841. The van der Waals surface area contributed by atoms with Crippen molar-refractivity contribution in [2.75, 3.05) is 26.2 Å². The predicted octanol–water partition coefficient (Wildman–Crippen LogP) is 2.35. The van der Waals surface area contributed by atoms with E-state index in [-0.39, 0.29) is 11.8 Å². The zero-order chi connectivity index (χ0) is 17.2. The van der Waals surface area contributed by atoms with Crippen LogP contribution in [0.5, 0.6) is 0 Å². The monoisotopic (exact) mass is 350 g/mol. The molecule has 5 nitrogen and oxygen atoms in total. The molecule has 0 unspecified atom stereocenters. The van der Waals surface area contributed by atoms with Crippen LogP contribution in [0.25, 0.3) is 0 Å². The molecule has 2 heterocycles. The van der Waals surface area contributed by atoms with Gasteiger partial charge < -0.3 is 4.90 Å². The van der Waals surface area contributed by atoms with Crippen molar-refractivity contribution in [1.29, 1.82) is 0 Å². The summed E-state index contributed by atoms with van der Waals surface area (Å²) in [6.07, 6.45) is 3.74. The van der Waals surface area contributed by atoms with Crippen molar-refractivity contribution in [2.45, 2.75) is 37.5 Å². The third kappa shape index (κ3) is 3.64. The highest BCUT2D eigenvalue weighted by atomic mass is 32.2. The molecule has 0 radical (unpaired) electrons. The minimum absolute atomic E-state index is 0.134. The van der Waals surface area contributed by atoms with Crippen LogP contribution in [-0.2, 0) is 14.8 Å². The van der Waals surface area contributed by atoms with Gasteiger partial charge in [-0.15, -0.1) is 0 Å². The van der Waals surface area contributed by atoms with Gasteiger partial charge in [0.05, 0.1) is 10.8 Å². The van der Waals surface area contributed by atoms with Gasteiger partial charge >= 0.3 is 0 Å². The van der Waals surface area contributed by atoms with E-state index in [1.54, 1.807) is 30.3 Å². The highest BCUT2D eigenvalue weighted by molar-refractivity contribution is 7.89. The van der Waals surface area contributed by atoms with Gasteiger partial charge in [-0.05, 0) is 43.7 Å². The van der Waals surface area contributed by atoms with Crippen molar-refractivity contribution < 1.29 is 13.2 Å². The van der Waals surface area contributed by atoms with E-state index in [1.807, 2.05) is 4.90 Å². The van der Waals surface area contributed by atoms with E-state index < -0.39 is 10.0 Å². The second-order valence-corrected chi connectivity index (χ2v) is 8.98. The molecule has 2 atom stereocenters. The van der Waals surface area contributed by atoms with Crippen LogP contribution in [0.3, 0.4) is 0 Å². The number of benzene rings is 1. The molecule has 0 saturated carbocycles. The maximum absolute atomic E-state index is 12.8. The molecule has 0 aromatic heterocycles. The van der Waals surface area contributed by atoms with Crippen LogP contribution >= 0.6 is 0 Å². The zero-order valence-electron chi connectivity index (χ0n) is 14.2. The van der Waals surface area contributed by atoms with Crippen molar-refractivity contribution in [1.82, 2.24) is 9.21 Å². The first kappa shape index (κ1) is 17.4. The van der Waals surface area contributed by atoms with Crippen molar-refractivity contribution >= 4 is 15.9 Å². The van der Waals surface area contributed by atoms with E-state index in [1.165, 1.54) is 10.7 Å². The maximum atomic E-state index is 12.8. The normalized spacial score (nSPS) is 26.3. The third-order valence-corrected chi connectivity index (χ3v) is 6.96. The zero-order valence-corrected chi connectivity index (χ0v) is 15.0. The summed E-state index contributed by atoms with van der Waals surface area (Å²) < 4.78 is 27.1. The number of amides is 1. The number of rotatable bonds is 3. The second-order valence-electron chi connectivity index (χ2n) is 7.05. The minimum Gasteiger partial charge on any atom is -0.342 e. The fourth-order valence-corrected chi connectivity index (χ4v) is 5.30. The fraction of sp³-hybridized carbons (Fsp3) is 0.611. The summed E-state index contributed by atoms with van der Waals surface area (Å²) in [6.45, 7) is 4.59. The summed E-state index contributed by atoms with van der Waals surface area (Å²) in [5, 5.41) is 0. The number of carbonyl (C=O) groups excluding carboxylic acids is 1. The number of carbonyl (C=O) groups is 1. The largest absolute Gasteiger partial charge is 0.342 e. The van der Waals surface area contributed by atoms with E-state index in [0.29, 0.717) is 23.9 Å². The predicted molar refractivity (Wildman–Crippen MR) is 92.9 cm³/mol. The number of likely N-dealkylation sites (tertiary alicyclic amines) is 1. The third-order valence-electron chi connectivity index (χ3n) is 5.08. The van der Waals surface area contributed by atoms with E-state index in [4.69, 9.17) is 0 Å². The fourth-order valence-electron chi connectivity index (χ4n) is 3.75. The lowest BCUT2D eigenvalue weighted by Crippen LogP contribution is -2.48. The molecule has 0 spiro atoms. The standard InChI is InChI=1S/C18H26N2O3S/c1-15-7-5-11-19(13-15)18(21)16-8-6-12-20(14-16)24(22,23)17-9-3-2-4-10-17/h2-4,9-10,15-16H,5-8,11-14H2,1H3/t15-,16+/m0/s1. The van der Waals surface area contributed by atoms with E-state index in [2.05, 4.69) is 6.92 Å². The molecule has 6 heteroatoms. The summed E-state index contributed by atoms with van der Waals surface area (Å²) in [5.41, 5.74) is 0. The first-order chi connectivity index (χ1) is 11.5. The topological polar surface area (TPSA) is 57.7 Å². The average molecular weight is 350 g/mol. The Morgan fingerprint density at radius 3 is 2.46 bits per heavy atom. The second kappa shape index (κ2) is 7.23. The van der Waals surface area contributed by atoms with Gasteiger partial charge in [-0.25, -0.2) is 8.42 Å². The van der Waals surface area contributed by atoms with Gasteiger partial charge in [0.15, 0.2) is 0 Å². The highest BCUT2D eigenvalue weighted by Crippen LogP contribution is 2.26. The van der Waals surface area contributed by atoms with E-state index in [9.17, 15) is 13.2 Å². The maximum Gasteiger partial charge on any atom is 0.243 e. The molecule has 0 N–H and O–H groups in total. The van der Waals surface area contributed by atoms with Gasteiger partial charge in [0.2, 0.25) is 15.9 Å². The molecule has 1 amide bonds. The molecular formula is C18H26N2O3S. The molecule has 1 aromatic carbocycles. The number of piperidine rings is 2. The number of hydrogen-bond donors (Lipinski definition) is 0. The molecular weight excluding hydrogens is 324 g/mol. The molecule has 0 bridgehead atoms. The van der Waals surface area contributed by atoms with Crippen LogP contribution in [0, 0.1) is 11.8 Å². The van der Waals surface area contributed by atoms with Gasteiger partial charge in [0.25, 0.3) is 0 Å².